The molecule has 37 heavy (non-hydrogen) atoms. The number of anilines is 1. The highest BCUT2D eigenvalue weighted by Crippen LogP contribution is 2.68. The molecule has 3 saturated heterocycles. The number of alkyl halides is 1. The van der Waals surface area contributed by atoms with Gasteiger partial charge in [-0.3, -0.25) is 14.4 Å². The summed E-state index contributed by atoms with van der Waals surface area (Å²) < 4.78 is 4.59. The van der Waals surface area contributed by atoms with Gasteiger partial charge in [0.15, 0.2) is 0 Å². The van der Waals surface area contributed by atoms with Gasteiger partial charge in [0.2, 0.25) is 11.8 Å². The van der Waals surface area contributed by atoms with Crippen LogP contribution in [0.1, 0.15) is 36.1 Å². The third-order valence-corrected chi connectivity index (χ3v) is 11.2. The molecule has 2 N–H and O–H groups in total. The number of likely N-dealkylation sites (tertiary alicyclic amines) is 1. The lowest BCUT2D eigenvalue weighted by atomic mass is 9.71. The van der Waals surface area contributed by atoms with Crippen LogP contribution >= 0.6 is 27.7 Å². The van der Waals surface area contributed by atoms with Crippen molar-refractivity contribution in [1.82, 2.24) is 4.90 Å². The average molecular weight is 588 g/mol. The summed E-state index contributed by atoms with van der Waals surface area (Å²) in [6, 6.07) is 13.5. The molecule has 2 aromatic carbocycles. The van der Waals surface area contributed by atoms with Crippen LogP contribution in [0.4, 0.5) is 5.69 Å². The van der Waals surface area contributed by atoms with Crippen molar-refractivity contribution in [1.29, 1.82) is 0 Å². The van der Waals surface area contributed by atoms with E-state index in [1.807, 2.05) is 62.4 Å². The molecule has 3 aliphatic rings. The molecule has 0 aliphatic carbocycles. The number of ether oxygens (including phenoxy) is 1. The van der Waals surface area contributed by atoms with Gasteiger partial charge in [0.1, 0.15) is 6.04 Å². The molecule has 2 aromatic rings. The lowest BCUT2D eigenvalue weighted by molar-refractivity contribution is -0.154. The van der Waals surface area contributed by atoms with Gasteiger partial charge in [0.25, 0.3) is 0 Å². The van der Waals surface area contributed by atoms with Gasteiger partial charge in [0.05, 0.1) is 35.8 Å². The van der Waals surface area contributed by atoms with Crippen LogP contribution in [0.25, 0.3) is 0 Å². The quantitative estimate of drug-likeness (QED) is 0.376. The van der Waals surface area contributed by atoms with Crippen LogP contribution in [-0.2, 0) is 19.1 Å². The second-order valence-corrected chi connectivity index (χ2v) is 12.7. The van der Waals surface area contributed by atoms with Crippen LogP contribution in [0.2, 0.25) is 0 Å². The van der Waals surface area contributed by atoms with Gasteiger partial charge in [-0.15, -0.1) is 11.8 Å². The van der Waals surface area contributed by atoms with Gasteiger partial charge in [0, 0.05) is 15.8 Å². The van der Waals surface area contributed by atoms with Crippen molar-refractivity contribution < 1.29 is 24.2 Å². The van der Waals surface area contributed by atoms with Crippen LogP contribution in [0.3, 0.4) is 0 Å². The smallest absolute Gasteiger partial charge is 0.310 e. The molecule has 196 valence electrons. The Balaban J connectivity index is 1.63. The summed E-state index contributed by atoms with van der Waals surface area (Å²) in [5.41, 5.74) is 3.30. The summed E-state index contributed by atoms with van der Waals surface area (Å²) in [6.07, 6.45) is 0.558. The minimum Gasteiger partial charge on any atom is -0.466 e. The van der Waals surface area contributed by atoms with E-state index in [2.05, 4.69) is 21.2 Å². The second-order valence-electron chi connectivity index (χ2n) is 10.0. The molecule has 3 heterocycles. The van der Waals surface area contributed by atoms with E-state index in [4.69, 9.17) is 4.74 Å². The highest BCUT2D eigenvalue weighted by molar-refractivity contribution is 9.09. The van der Waals surface area contributed by atoms with E-state index in [0.717, 1.165) is 22.4 Å². The number of nitrogens with zero attached hydrogens (tertiary/aromatic N) is 1. The van der Waals surface area contributed by atoms with Crippen molar-refractivity contribution in [3.8, 4) is 0 Å². The highest BCUT2D eigenvalue weighted by atomic mass is 79.9. The number of nitrogens with one attached hydrogen (secondary N) is 1. The number of hydrogen-bond acceptors (Lipinski definition) is 6. The molecule has 3 unspecified atom stereocenters. The summed E-state index contributed by atoms with van der Waals surface area (Å²) in [4.78, 5) is 43.2. The number of rotatable bonds is 7. The van der Waals surface area contributed by atoms with Crippen LogP contribution in [0.15, 0.2) is 48.5 Å². The Morgan fingerprint density at radius 2 is 1.86 bits per heavy atom. The van der Waals surface area contributed by atoms with Gasteiger partial charge in [-0.25, -0.2) is 0 Å². The van der Waals surface area contributed by atoms with Crippen molar-refractivity contribution >= 4 is 51.2 Å². The molecule has 2 amide bonds. The SMILES string of the molecule is CCOC(=O)[C@H]1[C@@H]2SC3(CC2Br)C(C(=O)Nc2c(C)cccc2C)N([C@H](CO)c2ccccc2)C(=O)[C@H]13. The maximum Gasteiger partial charge on any atom is 0.310 e. The summed E-state index contributed by atoms with van der Waals surface area (Å²) in [7, 11) is 0. The zero-order chi connectivity index (χ0) is 26.5. The van der Waals surface area contributed by atoms with E-state index in [0.29, 0.717) is 6.42 Å². The summed E-state index contributed by atoms with van der Waals surface area (Å²) >= 11 is 5.31. The first-order valence-corrected chi connectivity index (χ1v) is 14.4. The van der Waals surface area contributed by atoms with E-state index < -0.39 is 34.6 Å². The fraction of sp³-hybridized carbons (Fsp3) is 0.464. The Morgan fingerprint density at radius 1 is 1.19 bits per heavy atom. The molecule has 2 bridgehead atoms. The molecule has 5 rings (SSSR count). The predicted octanol–water partition coefficient (Wildman–Crippen LogP) is 4.00. The number of amides is 2. The monoisotopic (exact) mass is 586 g/mol. The van der Waals surface area contributed by atoms with Crippen molar-refractivity contribution in [2.45, 2.75) is 54.1 Å². The van der Waals surface area contributed by atoms with Crippen LogP contribution < -0.4 is 5.32 Å². The van der Waals surface area contributed by atoms with E-state index >= 15 is 0 Å². The predicted molar refractivity (Wildman–Crippen MR) is 147 cm³/mol. The number of para-hydroxylation sites is 1. The van der Waals surface area contributed by atoms with E-state index in [9.17, 15) is 19.5 Å². The molecule has 0 radical (unpaired) electrons. The number of esters is 1. The number of carbonyl (C=O) groups is 3. The number of aryl methyl sites for hydroxylation is 2. The van der Waals surface area contributed by atoms with E-state index in [-0.39, 0.29) is 35.1 Å². The van der Waals surface area contributed by atoms with Crippen molar-refractivity contribution in [2.75, 3.05) is 18.5 Å². The lowest BCUT2D eigenvalue weighted by Crippen LogP contribution is -2.53. The van der Waals surface area contributed by atoms with Crippen LogP contribution in [0.5, 0.6) is 0 Å². The fourth-order valence-electron chi connectivity index (χ4n) is 6.44. The maximum atomic E-state index is 14.3. The van der Waals surface area contributed by atoms with Crippen molar-refractivity contribution in [3.05, 3.63) is 65.2 Å². The third-order valence-electron chi connectivity index (χ3n) is 7.96. The number of hydrogen-bond donors (Lipinski definition) is 2. The molecule has 9 heteroatoms. The average Bonchev–Trinajstić information content (AvgIpc) is 3.46. The molecule has 1 spiro atoms. The minimum atomic E-state index is -0.879. The Bertz CT molecular complexity index is 1210. The number of aliphatic hydroxyl groups excluding tert-OH is 1. The number of halogens is 1. The first kappa shape index (κ1) is 26.3. The molecular weight excluding hydrogens is 556 g/mol. The zero-order valence-corrected chi connectivity index (χ0v) is 23.4. The van der Waals surface area contributed by atoms with Crippen LogP contribution in [-0.4, -0.2) is 61.9 Å². The third kappa shape index (κ3) is 4.10. The molecule has 3 aliphatic heterocycles. The Kier molecular flexibility index (Phi) is 7.15. The van der Waals surface area contributed by atoms with Crippen molar-refractivity contribution in [2.24, 2.45) is 11.8 Å². The topological polar surface area (TPSA) is 95.9 Å². The van der Waals surface area contributed by atoms with E-state index in [1.165, 1.54) is 0 Å². The lowest BCUT2D eigenvalue weighted by Gasteiger charge is -2.37. The van der Waals surface area contributed by atoms with Gasteiger partial charge < -0.3 is 20.1 Å². The Hall–Kier alpha value is -2.36. The maximum absolute atomic E-state index is 14.3. The first-order chi connectivity index (χ1) is 17.7. The number of thioether (sulfide) groups is 1. The highest BCUT2D eigenvalue weighted by Gasteiger charge is 2.76. The van der Waals surface area contributed by atoms with Gasteiger partial charge in [-0.05, 0) is 43.9 Å². The summed E-state index contributed by atoms with van der Waals surface area (Å²) in [6.45, 7) is 5.49. The van der Waals surface area contributed by atoms with Crippen molar-refractivity contribution in [3.63, 3.8) is 0 Å². The summed E-state index contributed by atoms with van der Waals surface area (Å²) in [5, 5.41) is 13.5. The molecule has 0 aromatic heterocycles. The number of carbonyl (C=O) groups excluding carboxylic acids is 3. The van der Waals surface area contributed by atoms with Gasteiger partial charge in [-0.1, -0.05) is 64.5 Å². The van der Waals surface area contributed by atoms with Crippen LogP contribution in [0, 0.1) is 25.7 Å². The standard InChI is InChI=1S/C28H31BrN2O5S/c1-4-36-27(35)20-21-26(34)31(19(14-32)17-11-6-5-7-12-17)24(28(21)13-18(29)23(20)37-28)25(33)30-22-15(2)9-8-10-16(22)3/h5-12,18-21,23-24,32H,4,13-14H2,1-3H3,(H,30,33)/t18?,19-,20-,21+,23-,24?,28?/m1/s1. The molecule has 3 fully saturated rings. The number of fused-ring (bicyclic) bond motifs is 1. The molecule has 7 atom stereocenters. The number of benzene rings is 2. The molecule has 0 saturated carbocycles. The fourth-order valence-corrected chi connectivity index (χ4v) is 10.0. The summed E-state index contributed by atoms with van der Waals surface area (Å²) in [5.74, 6) is -2.36. The van der Waals surface area contributed by atoms with E-state index in [1.54, 1.807) is 23.6 Å². The first-order valence-electron chi connectivity index (χ1n) is 12.6. The largest absolute Gasteiger partial charge is 0.466 e. The second kappa shape index (κ2) is 10.1. The normalized spacial score (nSPS) is 30.8. The van der Waals surface area contributed by atoms with Gasteiger partial charge in [-0.2, -0.15) is 0 Å². The number of aliphatic hydroxyl groups is 1. The minimum absolute atomic E-state index is 0.0456. The molecular formula is C28H31BrN2O5S. The Labute approximate surface area is 229 Å². The molecule has 7 nitrogen and oxygen atoms in total. The Morgan fingerprint density at radius 3 is 2.49 bits per heavy atom. The van der Waals surface area contributed by atoms with Gasteiger partial charge >= 0.3 is 5.97 Å². The zero-order valence-electron chi connectivity index (χ0n) is 21.0.